The average Bonchev–Trinajstić information content (AvgIpc) is 3.69. The molecule has 0 saturated heterocycles. The zero-order valence-electron chi connectivity index (χ0n) is 35.8. The van der Waals surface area contributed by atoms with Crippen molar-refractivity contribution < 1.29 is 30.4 Å². The van der Waals surface area contributed by atoms with E-state index in [1.165, 1.54) is 22.3 Å². The summed E-state index contributed by atoms with van der Waals surface area (Å²) in [6.07, 6.45) is 9.12. The molecular formula is C51H53N5OPt-2. The summed E-state index contributed by atoms with van der Waals surface area (Å²) in [6.45, 7) is 27.1. The quantitative estimate of drug-likeness (QED) is 0.128. The first kappa shape index (κ1) is 41.1. The van der Waals surface area contributed by atoms with E-state index in [1.54, 1.807) is 6.20 Å². The SMILES string of the molecule is CC(C)(C)c1cc(-[n+]2[c-]n(-c3[c-]c(Oc4[c-]c5c(cc4)c4ccccc4n5-c4cc(C(C)(C)C)ccn4)cnc3)c3ccc(C(C)(C)C)cc32)cc(C(C)(C)C)c1.[Pt]. The van der Waals surface area contributed by atoms with Crippen LogP contribution in [0.4, 0.5) is 0 Å². The summed E-state index contributed by atoms with van der Waals surface area (Å²) in [5, 5.41) is 2.21. The van der Waals surface area contributed by atoms with Crippen LogP contribution in [-0.4, -0.2) is 19.1 Å². The molecule has 0 aliphatic carbocycles. The summed E-state index contributed by atoms with van der Waals surface area (Å²) in [6, 6.07) is 37.5. The zero-order chi connectivity index (χ0) is 40.7. The first-order chi connectivity index (χ1) is 26.8. The molecule has 0 unspecified atom stereocenters. The average molecular weight is 947 g/mol. The van der Waals surface area contributed by atoms with Gasteiger partial charge in [0.1, 0.15) is 5.82 Å². The molecule has 4 aromatic heterocycles. The first-order valence-corrected chi connectivity index (χ1v) is 19.9. The Morgan fingerprint density at radius 1 is 0.586 bits per heavy atom. The molecule has 0 radical (unpaired) electrons. The van der Waals surface area contributed by atoms with Crippen molar-refractivity contribution in [2.24, 2.45) is 0 Å². The van der Waals surface area contributed by atoms with Gasteiger partial charge in [-0.25, -0.2) is 4.98 Å². The standard InChI is InChI=1S/C51H53N5O.Pt/c1-48(2,3)33-17-20-44-46(26-33)54(37-24-35(50(7,8)9)23-36(25-37)51(10,11)12)32-55(44)38-28-40(31-52-30-38)57-39-18-19-42-41-15-13-14-16-43(41)56(45(42)29-39)47-27-34(21-22-53-47)49(4,5)6;/h13-27,30-31H,1-12H3;/q-2;. The molecule has 8 rings (SSSR count). The molecule has 7 heteroatoms. The number of benzene rings is 4. The largest absolute Gasteiger partial charge is 0.508 e. The van der Waals surface area contributed by atoms with Crippen molar-refractivity contribution in [1.29, 1.82) is 0 Å². The minimum Gasteiger partial charge on any atom is -0.508 e. The van der Waals surface area contributed by atoms with Crippen LogP contribution in [0, 0.1) is 18.5 Å². The van der Waals surface area contributed by atoms with Gasteiger partial charge in [0.15, 0.2) is 0 Å². The van der Waals surface area contributed by atoms with Crippen LogP contribution in [0.25, 0.3) is 50.0 Å². The predicted molar refractivity (Wildman–Crippen MR) is 233 cm³/mol. The number of para-hydroxylation sites is 1. The Balaban J connectivity index is 0.00000512. The van der Waals surface area contributed by atoms with Gasteiger partial charge in [0.2, 0.25) is 0 Å². The van der Waals surface area contributed by atoms with E-state index in [0.717, 1.165) is 50.0 Å². The Labute approximate surface area is 358 Å². The van der Waals surface area contributed by atoms with E-state index in [9.17, 15) is 0 Å². The molecule has 0 atom stereocenters. The number of ether oxygens (including phenoxy) is 1. The van der Waals surface area contributed by atoms with Gasteiger partial charge in [0.25, 0.3) is 6.33 Å². The third-order valence-corrected chi connectivity index (χ3v) is 10.9. The number of pyridine rings is 2. The molecular weight excluding hydrogens is 894 g/mol. The summed E-state index contributed by atoms with van der Waals surface area (Å²) in [5.41, 5.74) is 10.7. The van der Waals surface area contributed by atoms with E-state index in [-0.39, 0.29) is 42.7 Å². The summed E-state index contributed by atoms with van der Waals surface area (Å²) in [4.78, 5) is 9.49. The van der Waals surface area contributed by atoms with Crippen molar-refractivity contribution >= 4 is 32.8 Å². The van der Waals surface area contributed by atoms with Crippen molar-refractivity contribution in [3.8, 4) is 28.7 Å². The Kier molecular flexibility index (Phi) is 10.4. The van der Waals surface area contributed by atoms with Crippen LogP contribution in [-0.2, 0) is 42.7 Å². The van der Waals surface area contributed by atoms with Crippen LogP contribution in [0.3, 0.4) is 0 Å². The van der Waals surface area contributed by atoms with E-state index in [4.69, 9.17) is 9.72 Å². The molecule has 0 aliphatic heterocycles. The Hall–Kier alpha value is -5.06. The van der Waals surface area contributed by atoms with Crippen molar-refractivity contribution in [3.05, 3.63) is 144 Å². The van der Waals surface area contributed by atoms with Crippen LogP contribution >= 0.6 is 0 Å². The number of imidazole rings is 1. The molecule has 0 saturated carbocycles. The van der Waals surface area contributed by atoms with Gasteiger partial charge in [-0.05, 0) is 97.6 Å². The number of hydrogen-bond acceptors (Lipinski definition) is 3. The second kappa shape index (κ2) is 14.6. The van der Waals surface area contributed by atoms with Crippen LogP contribution in [0.1, 0.15) is 105 Å². The smallest absolute Gasteiger partial charge is 0.268 e. The van der Waals surface area contributed by atoms with Crippen LogP contribution in [0.15, 0.2) is 104 Å². The maximum atomic E-state index is 6.55. The van der Waals surface area contributed by atoms with E-state index >= 15 is 0 Å². The molecule has 300 valence electrons. The van der Waals surface area contributed by atoms with E-state index < -0.39 is 0 Å². The first-order valence-electron chi connectivity index (χ1n) is 19.9. The molecule has 0 bridgehead atoms. The minimum absolute atomic E-state index is 0. The van der Waals surface area contributed by atoms with Gasteiger partial charge >= 0.3 is 0 Å². The minimum atomic E-state index is -0.0336. The predicted octanol–water partition coefficient (Wildman–Crippen LogP) is 12.2. The topological polar surface area (TPSA) is 48.8 Å². The summed E-state index contributed by atoms with van der Waals surface area (Å²) in [7, 11) is 0. The number of rotatable bonds is 5. The summed E-state index contributed by atoms with van der Waals surface area (Å²) in [5.74, 6) is 1.89. The van der Waals surface area contributed by atoms with Gasteiger partial charge in [-0.15, -0.1) is 23.6 Å². The van der Waals surface area contributed by atoms with Gasteiger partial charge in [0.05, 0.1) is 16.7 Å². The number of aromatic nitrogens is 5. The number of hydrogen-bond donors (Lipinski definition) is 0. The van der Waals surface area contributed by atoms with Gasteiger partial charge < -0.3 is 18.9 Å². The Bertz CT molecular complexity index is 2780. The maximum Gasteiger partial charge on any atom is 0.268 e. The van der Waals surface area contributed by atoms with E-state index in [2.05, 4.69) is 195 Å². The van der Waals surface area contributed by atoms with Gasteiger partial charge in [-0.2, -0.15) is 6.07 Å². The third kappa shape index (κ3) is 7.76. The third-order valence-electron chi connectivity index (χ3n) is 10.9. The second-order valence-electron chi connectivity index (χ2n) is 19.5. The summed E-state index contributed by atoms with van der Waals surface area (Å²) < 4.78 is 13.0. The van der Waals surface area contributed by atoms with Crippen LogP contribution in [0.2, 0.25) is 0 Å². The molecule has 0 spiro atoms. The molecule has 4 aromatic carbocycles. The molecule has 0 fully saturated rings. The molecule has 0 aliphatic rings. The van der Waals surface area contributed by atoms with Crippen molar-refractivity contribution in [1.82, 2.24) is 19.1 Å². The fourth-order valence-corrected chi connectivity index (χ4v) is 7.38. The second-order valence-corrected chi connectivity index (χ2v) is 19.5. The zero-order valence-corrected chi connectivity index (χ0v) is 38.0. The molecule has 6 nitrogen and oxygen atoms in total. The van der Waals surface area contributed by atoms with E-state index in [1.807, 2.05) is 23.0 Å². The van der Waals surface area contributed by atoms with Gasteiger partial charge in [-0.1, -0.05) is 131 Å². The molecule has 4 heterocycles. The molecule has 8 aromatic rings. The molecule has 58 heavy (non-hydrogen) atoms. The van der Waals surface area contributed by atoms with Crippen molar-refractivity contribution in [3.63, 3.8) is 0 Å². The fourth-order valence-electron chi connectivity index (χ4n) is 7.38. The van der Waals surface area contributed by atoms with Crippen molar-refractivity contribution in [2.45, 2.75) is 105 Å². The van der Waals surface area contributed by atoms with E-state index in [0.29, 0.717) is 11.5 Å². The van der Waals surface area contributed by atoms with Crippen LogP contribution in [0.5, 0.6) is 11.5 Å². The maximum absolute atomic E-state index is 6.55. The van der Waals surface area contributed by atoms with Gasteiger partial charge in [-0.3, -0.25) is 4.57 Å². The summed E-state index contributed by atoms with van der Waals surface area (Å²) >= 11 is 0. The van der Waals surface area contributed by atoms with Crippen LogP contribution < -0.4 is 9.30 Å². The molecule has 0 amide bonds. The Morgan fingerprint density at radius 3 is 1.91 bits per heavy atom. The Morgan fingerprint density at radius 2 is 1.24 bits per heavy atom. The normalized spacial score (nSPS) is 12.7. The number of fused-ring (bicyclic) bond motifs is 4. The monoisotopic (exact) mass is 946 g/mol. The number of nitrogens with zero attached hydrogens (tertiary/aromatic N) is 5. The molecule has 0 N–H and O–H groups in total. The van der Waals surface area contributed by atoms with Gasteiger partial charge in [0, 0.05) is 44.3 Å². The fraction of sp³-hybridized carbons (Fsp3) is 0.314. The van der Waals surface area contributed by atoms with Crippen molar-refractivity contribution in [2.75, 3.05) is 0 Å².